The zero-order chi connectivity index (χ0) is 24.7. The molecule has 1 aliphatic rings. The summed E-state index contributed by atoms with van der Waals surface area (Å²) in [5, 5.41) is 2.67. The molecule has 2 aromatic heterocycles. The second-order valence-electron chi connectivity index (χ2n) is 10.4. The van der Waals surface area contributed by atoms with Crippen molar-refractivity contribution in [2.24, 2.45) is 0 Å². The van der Waals surface area contributed by atoms with Crippen molar-refractivity contribution in [1.82, 2.24) is 9.55 Å². The van der Waals surface area contributed by atoms with Gasteiger partial charge in [-0.2, -0.15) is 0 Å². The Kier molecular flexibility index (Phi) is 4.19. The zero-order valence-electron chi connectivity index (χ0n) is 20.7. The number of para-hydroxylation sites is 1. The molecule has 1 aliphatic heterocycles. The van der Waals surface area contributed by atoms with Crippen LogP contribution in [0.25, 0.3) is 59.4 Å². The van der Waals surface area contributed by atoms with Crippen LogP contribution >= 0.6 is 11.3 Å². The van der Waals surface area contributed by atoms with E-state index in [1.807, 2.05) is 11.3 Å². The summed E-state index contributed by atoms with van der Waals surface area (Å²) >= 11 is 1.89. The van der Waals surface area contributed by atoms with Gasteiger partial charge >= 0.3 is 0 Å². The van der Waals surface area contributed by atoms with Gasteiger partial charge in [0.25, 0.3) is 0 Å². The maximum Gasteiger partial charge on any atom is 0.145 e. The van der Waals surface area contributed by atoms with Crippen molar-refractivity contribution in [2.45, 2.75) is 19.3 Å². The number of rotatable bonds is 2. The van der Waals surface area contributed by atoms with Gasteiger partial charge in [-0.15, -0.1) is 11.3 Å². The van der Waals surface area contributed by atoms with E-state index in [2.05, 4.69) is 128 Å². The van der Waals surface area contributed by atoms with Gasteiger partial charge in [-0.1, -0.05) is 98.8 Å². The lowest BCUT2D eigenvalue weighted by Gasteiger charge is -2.35. The lowest BCUT2D eigenvalue weighted by atomic mass is 9.74. The topological polar surface area (TPSA) is 17.8 Å². The molecular formula is C34H24N2S. The van der Waals surface area contributed by atoms with Crippen LogP contribution in [0.1, 0.15) is 25.0 Å². The molecule has 0 spiro atoms. The number of aromatic nitrogens is 2. The van der Waals surface area contributed by atoms with Gasteiger partial charge in [-0.25, -0.2) is 4.98 Å². The fourth-order valence-corrected chi connectivity index (χ4v) is 7.40. The average molecular weight is 493 g/mol. The molecule has 0 saturated heterocycles. The zero-order valence-corrected chi connectivity index (χ0v) is 21.5. The van der Waals surface area contributed by atoms with Crippen molar-refractivity contribution in [3.8, 4) is 28.2 Å². The second kappa shape index (κ2) is 7.41. The third-order valence-electron chi connectivity index (χ3n) is 8.01. The van der Waals surface area contributed by atoms with Gasteiger partial charge in [0, 0.05) is 31.2 Å². The first-order valence-corrected chi connectivity index (χ1v) is 13.6. The molecular weight excluding hydrogens is 468 g/mol. The summed E-state index contributed by atoms with van der Waals surface area (Å²) in [6.07, 6.45) is 0. The highest BCUT2D eigenvalue weighted by molar-refractivity contribution is 7.26. The van der Waals surface area contributed by atoms with Crippen molar-refractivity contribution >= 4 is 42.5 Å². The highest BCUT2D eigenvalue weighted by Gasteiger charge is 2.36. The average Bonchev–Trinajstić information content (AvgIpc) is 3.51. The predicted molar refractivity (Wildman–Crippen MR) is 157 cm³/mol. The SMILES string of the molecule is CC1(C)c2cc(-c3cccc4c3sc3ccccc34)ccc2-n2c(-c3ccccc3)nc3cccc1c32. The molecule has 176 valence electrons. The summed E-state index contributed by atoms with van der Waals surface area (Å²) in [4.78, 5) is 5.13. The number of fused-ring (bicyclic) bond motifs is 5. The minimum Gasteiger partial charge on any atom is -0.292 e. The number of hydrogen-bond acceptors (Lipinski definition) is 2. The molecule has 37 heavy (non-hydrogen) atoms. The van der Waals surface area contributed by atoms with Crippen molar-refractivity contribution in [3.63, 3.8) is 0 Å². The Morgan fingerprint density at radius 1 is 0.676 bits per heavy atom. The third kappa shape index (κ3) is 2.83. The summed E-state index contributed by atoms with van der Waals surface area (Å²) < 4.78 is 5.07. The molecule has 0 N–H and O–H groups in total. The van der Waals surface area contributed by atoms with E-state index in [9.17, 15) is 0 Å². The van der Waals surface area contributed by atoms with Crippen molar-refractivity contribution in [1.29, 1.82) is 0 Å². The van der Waals surface area contributed by atoms with Crippen molar-refractivity contribution in [2.75, 3.05) is 0 Å². The first kappa shape index (κ1) is 20.9. The van der Waals surface area contributed by atoms with E-state index in [0.29, 0.717) is 0 Å². The fourth-order valence-electron chi connectivity index (χ4n) is 6.17. The summed E-state index contributed by atoms with van der Waals surface area (Å²) in [5.41, 5.74) is 9.70. The van der Waals surface area contributed by atoms with E-state index in [-0.39, 0.29) is 5.41 Å². The summed E-state index contributed by atoms with van der Waals surface area (Å²) in [7, 11) is 0. The predicted octanol–water partition coefficient (Wildman–Crippen LogP) is 9.37. The van der Waals surface area contributed by atoms with E-state index in [4.69, 9.17) is 4.98 Å². The Hall–Kier alpha value is -4.21. The van der Waals surface area contributed by atoms with Crippen LogP contribution < -0.4 is 0 Å². The Labute approximate surface area is 219 Å². The van der Waals surface area contributed by atoms with Gasteiger partial charge in [0.2, 0.25) is 0 Å². The van der Waals surface area contributed by atoms with Crippen molar-refractivity contribution in [3.05, 3.63) is 120 Å². The molecule has 8 rings (SSSR count). The van der Waals surface area contributed by atoms with Crippen LogP contribution in [-0.4, -0.2) is 9.55 Å². The molecule has 0 bridgehead atoms. The number of nitrogens with zero attached hydrogens (tertiary/aromatic N) is 2. The third-order valence-corrected chi connectivity index (χ3v) is 9.23. The van der Waals surface area contributed by atoms with Gasteiger partial charge in [0.1, 0.15) is 5.82 Å². The normalized spacial score (nSPS) is 13.9. The quantitative estimate of drug-likeness (QED) is 0.235. The molecule has 0 unspecified atom stereocenters. The molecule has 0 fully saturated rings. The number of benzene rings is 5. The minimum atomic E-state index is -0.150. The van der Waals surface area contributed by atoms with Gasteiger partial charge in [0.15, 0.2) is 0 Å². The highest BCUT2D eigenvalue weighted by Crippen LogP contribution is 2.48. The maximum atomic E-state index is 5.13. The maximum absolute atomic E-state index is 5.13. The molecule has 3 heterocycles. The Balaban J connectivity index is 1.42. The molecule has 0 amide bonds. The Morgan fingerprint density at radius 2 is 1.46 bits per heavy atom. The van der Waals surface area contributed by atoms with Gasteiger partial charge in [-0.05, 0) is 46.5 Å². The first-order chi connectivity index (χ1) is 18.1. The first-order valence-electron chi connectivity index (χ1n) is 12.7. The van der Waals surface area contributed by atoms with Crippen LogP contribution in [0.15, 0.2) is 109 Å². The van der Waals surface area contributed by atoms with Crippen LogP contribution in [-0.2, 0) is 5.41 Å². The number of imidazole rings is 1. The summed E-state index contributed by atoms with van der Waals surface area (Å²) in [5.74, 6) is 0.999. The largest absolute Gasteiger partial charge is 0.292 e. The standard InChI is InChI=1S/C34H24N2S/c1-34(2)26-15-9-16-28-31(26)36(33(35-28)21-10-4-3-5-11-21)29-19-18-22(20-27(29)34)23-13-8-14-25-24-12-6-7-17-30(24)37-32(23)25/h3-20H,1-2H3. The molecule has 7 aromatic rings. The molecule has 3 heteroatoms. The van der Waals surface area contributed by atoms with Crippen LogP contribution in [0, 0.1) is 0 Å². The molecule has 0 aliphatic carbocycles. The molecule has 5 aromatic carbocycles. The van der Waals surface area contributed by atoms with Crippen LogP contribution in [0.5, 0.6) is 0 Å². The van der Waals surface area contributed by atoms with E-state index >= 15 is 0 Å². The fraction of sp³-hybridized carbons (Fsp3) is 0.0882. The number of thiophene rings is 1. The van der Waals surface area contributed by atoms with Crippen LogP contribution in [0.3, 0.4) is 0 Å². The second-order valence-corrected chi connectivity index (χ2v) is 11.5. The summed E-state index contributed by atoms with van der Waals surface area (Å²) in [6, 6.07) is 39.6. The Bertz CT molecular complexity index is 2010. The van der Waals surface area contributed by atoms with E-state index in [0.717, 1.165) is 16.9 Å². The molecule has 2 nitrogen and oxygen atoms in total. The van der Waals surface area contributed by atoms with Crippen molar-refractivity contribution < 1.29 is 0 Å². The van der Waals surface area contributed by atoms with E-state index in [1.54, 1.807) is 0 Å². The van der Waals surface area contributed by atoms with Gasteiger partial charge in [-0.3, -0.25) is 4.57 Å². The monoisotopic (exact) mass is 492 g/mol. The molecule has 0 radical (unpaired) electrons. The molecule has 0 saturated carbocycles. The molecule has 0 atom stereocenters. The van der Waals surface area contributed by atoms with Crippen LogP contribution in [0.2, 0.25) is 0 Å². The van der Waals surface area contributed by atoms with Crippen LogP contribution in [0.4, 0.5) is 0 Å². The number of hydrogen-bond donors (Lipinski definition) is 0. The van der Waals surface area contributed by atoms with Gasteiger partial charge < -0.3 is 0 Å². The minimum absolute atomic E-state index is 0.150. The highest BCUT2D eigenvalue weighted by atomic mass is 32.1. The Morgan fingerprint density at radius 3 is 2.35 bits per heavy atom. The summed E-state index contributed by atoms with van der Waals surface area (Å²) in [6.45, 7) is 4.70. The van der Waals surface area contributed by atoms with E-state index < -0.39 is 0 Å². The smallest absolute Gasteiger partial charge is 0.145 e. The van der Waals surface area contributed by atoms with Gasteiger partial charge in [0.05, 0.1) is 16.7 Å². The lowest BCUT2D eigenvalue weighted by Crippen LogP contribution is -2.26. The lowest BCUT2D eigenvalue weighted by molar-refractivity contribution is 0.629. The van der Waals surface area contributed by atoms with E-state index in [1.165, 1.54) is 53.6 Å².